The van der Waals surface area contributed by atoms with Gasteiger partial charge in [0.25, 0.3) is 5.69 Å². The molecule has 6 nitrogen and oxygen atoms in total. The van der Waals surface area contributed by atoms with Crippen molar-refractivity contribution < 1.29 is 13.3 Å². The van der Waals surface area contributed by atoms with Crippen molar-refractivity contribution in [3.05, 3.63) is 34.4 Å². The van der Waals surface area contributed by atoms with Crippen molar-refractivity contribution in [1.82, 2.24) is 5.32 Å². The minimum atomic E-state index is -3.50. The van der Waals surface area contributed by atoms with Crippen LogP contribution in [0.5, 0.6) is 0 Å². The minimum absolute atomic E-state index is 0.0637. The Morgan fingerprint density at radius 2 is 1.95 bits per heavy atom. The second-order valence-corrected chi connectivity index (χ2v) is 6.94. The lowest BCUT2D eigenvalue weighted by molar-refractivity contribution is -0.384. The van der Waals surface area contributed by atoms with Crippen molar-refractivity contribution in [3.8, 4) is 12.3 Å². The molecule has 0 aliphatic carbocycles. The fraction of sp³-hybridized carbons (Fsp3) is 0.429. The van der Waals surface area contributed by atoms with E-state index in [1.165, 1.54) is 24.3 Å². The SMILES string of the molecule is C#CC(C)(CC)NCCS(=O)(=O)c1ccc([N+](=O)[O-])cc1. The largest absolute Gasteiger partial charge is 0.300 e. The van der Waals surface area contributed by atoms with E-state index < -0.39 is 20.3 Å². The normalized spacial score (nSPS) is 14.1. The number of sulfone groups is 1. The lowest BCUT2D eigenvalue weighted by Crippen LogP contribution is -2.42. The van der Waals surface area contributed by atoms with E-state index in [1.54, 1.807) is 0 Å². The number of terminal acetylenes is 1. The third kappa shape index (κ3) is 4.55. The number of nitrogens with zero attached hydrogens (tertiary/aromatic N) is 1. The van der Waals surface area contributed by atoms with E-state index in [1.807, 2.05) is 13.8 Å². The first kappa shape index (κ1) is 17.1. The predicted molar refractivity (Wildman–Crippen MR) is 80.7 cm³/mol. The van der Waals surface area contributed by atoms with Crippen molar-refractivity contribution in [3.63, 3.8) is 0 Å². The van der Waals surface area contributed by atoms with Crippen molar-refractivity contribution in [2.45, 2.75) is 30.7 Å². The maximum absolute atomic E-state index is 12.1. The van der Waals surface area contributed by atoms with Gasteiger partial charge in [0, 0.05) is 18.7 Å². The van der Waals surface area contributed by atoms with Crippen LogP contribution in [0.15, 0.2) is 29.2 Å². The fourth-order valence-electron chi connectivity index (χ4n) is 1.63. The second-order valence-electron chi connectivity index (χ2n) is 4.83. The van der Waals surface area contributed by atoms with Gasteiger partial charge in [-0.05, 0) is 25.5 Å². The van der Waals surface area contributed by atoms with Gasteiger partial charge in [-0.1, -0.05) is 12.8 Å². The molecule has 0 saturated heterocycles. The zero-order valence-corrected chi connectivity index (χ0v) is 12.8. The van der Waals surface area contributed by atoms with Crippen molar-refractivity contribution in [1.29, 1.82) is 0 Å². The number of hydrogen-bond donors (Lipinski definition) is 1. The Kier molecular flexibility index (Phi) is 5.47. The number of nitrogens with one attached hydrogen (secondary N) is 1. The van der Waals surface area contributed by atoms with Crippen LogP contribution in [-0.4, -0.2) is 31.2 Å². The molecule has 0 spiro atoms. The third-order valence-electron chi connectivity index (χ3n) is 3.32. The average molecular weight is 310 g/mol. The molecular weight excluding hydrogens is 292 g/mol. The quantitative estimate of drug-likeness (QED) is 0.471. The monoisotopic (exact) mass is 310 g/mol. The first-order chi connectivity index (χ1) is 9.74. The average Bonchev–Trinajstić information content (AvgIpc) is 2.47. The molecule has 21 heavy (non-hydrogen) atoms. The molecule has 1 N–H and O–H groups in total. The molecule has 0 aliphatic rings. The fourth-order valence-corrected chi connectivity index (χ4v) is 2.79. The topological polar surface area (TPSA) is 89.3 Å². The predicted octanol–water partition coefficient (Wildman–Crippen LogP) is 1.76. The summed E-state index contributed by atoms with van der Waals surface area (Å²) in [6.07, 6.45) is 6.08. The summed E-state index contributed by atoms with van der Waals surface area (Å²) in [6.45, 7) is 3.96. The summed E-state index contributed by atoms with van der Waals surface area (Å²) in [6, 6.07) is 4.84. The molecular formula is C14H18N2O4S. The Balaban J connectivity index is 2.74. The summed E-state index contributed by atoms with van der Waals surface area (Å²) in [5.74, 6) is 2.47. The Morgan fingerprint density at radius 1 is 1.38 bits per heavy atom. The molecule has 0 amide bonds. The van der Waals surface area contributed by atoms with Crippen LogP contribution in [0.25, 0.3) is 0 Å². The van der Waals surface area contributed by atoms with E-state index in [9.17, 15) is 18.5 Å². The minimum Gasteiger partial charge on any atom is -0.300 e. The van der Waals surface area contributed by atoms with Crippen molar-refractivity contribution in [2.75, 3.05) is 12.3 Å². The maximum atomic E-state index is 12.1. The number of hydrogen-bond acceptors (Lipinski definition) is 5. The maximum Gasteiger partial charge on any atom is 0.269 e. The van der Waals surface area contributed by atoms with Crippen LogP contribution in [0.1, 0.15) is 20.3 Å². The Bertz CT molecular complexity index is 647. The van der Waals surface area contributed by atoms with Crippen molar-refractivity contribution >= 4 is 15.5 Å². The standard InChI is InChI=1S/C14H18N2O4S/c1-4-14(3,5-2)15-10-11-21(19,20)13-8-6-12(7-9-13)16(17)18/h1,6-9,15H,5,10-11H2,2-3H3. The molecule has 0 radical (unpaired) electrons. The summed E-state index contributed by atoms with van der Waals surface area (Å²) < 4.78 is 24.2. The second kappa shape index (κ2) is 6.70. The van der Waals surface area contributed by atoms with E-state index in [0.29, 0.717) is 6.42 Å². The van der Waals surface area contributed by atoms with E-state index in [4.69, 9.17) is 6.42 Å². The molecule has 0 aliphatic heterocycles. The van der Waals surface area contributed by atoms with Crippen LogP contribution in [-0.2, 0) is 9.84 Å². The Hall–Kier alpha value is -1.91. The highest BCUT2D eigenvalue weighted by Gasteiger charge is 2.20. The third-order valence-corrected chi connectivity index (χ3v) is 5.05. The number of nitro groups is 1. The van der Waals surface area contributed by atoms with Gasteiger partial charge in [-0.25, -0.2) is 8.42 Å². The van der Waals surface area contributed by atoms with E-state index in [2.05, 4.69) is 11.2 Å². The summed E-state index contributed by atoms with van der Waals surface area (Å²) in [5.41, 5.74) is -0.677. The Morgan fingerprint density at radius 3 is 2.38 bits per heavy atom. The molecule has 0 saturated carbocycles. The van der Waals surface area contributed by atoms with Gasteiger partial charge >= 0.3 is 0 Å². The highest BCUT2D eigenvalue weighted by Crippen LogP contribution is 2.17. The number of benzene rings is 1. The molecule has 114 valence electrons. The zero-order valence-electron chi connectivity index (χ0n) is 12.0. The van der Waals surface area contributed by atoms with E-state index in [0.717, 1.165) is 0 Å². The molecule has 1 aromatic rings. The molecule has 0 heterocycles. The van der Waals surface area contributed by atoms with Gasteiger partial charge in [0.2, 0.25) is 0 Å². The van der Waals surface area contributed by atoms with Gasteiger partial charge in [0.05, 0.1) is 21.1 Å². The molecule has 0 fully saturated rings. The molecule has 1 unspecified atom stereocenters. The van der Waals surface area contributed by atoms with Gasteiger partial charge in [-0.15, -0.1) is 6.42 Å². The van der Waals surface area contributed by atoms with Gasteiger partial charge in [-0.2, -0.15) is 0 Å². The molecule has 7 heteroatoms. The molecule has 0 aromatic heterocycles. The number of rotatable bonds is 7. The van der Waals surface area contributed by atoms with Crippen LogP contribution in [0, 0.1) is 22.5 Å². The summed E-state index contributed by atoms with van der Waals surface area (Å²) in [7, 11) is -3.50. The van der Waals surface area contributed by atoms with Gasteiger partial charge in [-0.3, -0.25) is 10.1 Å². The van der Waals surface area contributed by atoms with E-state index in [-0.39, 0.29) is 22.9 Å². The summed E-state index contributed by atoms with van der Waals surface area (Å²) in [5, 5.41) is 13.6. The van der Waals surface area contributed by atoms with Crippen molar-refractivity contribution in [2.24, 2.45) is 0 Å². The smallest absolute Gasteiger partial charge is 0.269 e. The van der Waals surface area contributed by atoms with Gasteiger partial charge < -0.3 is 5.32 Å². The summed E-state index contributed by atoms with van der Waals surface area (Å²) in [4.78, 5) is 10.0. The lowest BCUT2D eigenvalue weighted by atomic mass is 10.0. The molecule has 0 bridgehead atoms. The van der Waals surface area contributed by atoms with Gasteiger partial charge in [0.1, 0.15) is 0 Å². The number of nitro benzene ring substituents is 1. The highest BCUT2D eigenvalue weighted by atomic mass is 32.2. The first-order valence-corrected chi connectivity index (χ1v) is 8.09. The van der Waals surface area contributed by atoms with Gasteiger partial charge in [0.15, 0.2) is 9.84 Å². The summed E-state index contributed by atoms with van der Waals surface area (Å²) >= 11 is 0. The highest BCUT2D eigenvalue weighted by molar-refractivity contribution is 7.91. The lowest BCUT2D eigenvalue weighted by Gasteiger charge is -2.23. The van der Waals surface area contributed by atoms with Crippen LogP contribution >= 0.6 is 0 Å². The van der Waals surface area contributed by atoms with E-state index >= 15 is 0 Å². The van der Waals surface area contributed by atoms with Crippen LogP contribution < -0.4 is 5.32 Å². The molecule has 1 atom stereocenters. The Labute approximate surface area is 124 Å². The zero-order chi connectivity index (χ0) is 16.1. The van der Waals surface area contributed by atoms with Crippen LogP contribution in [0.3, 0.4) is 0 Å². The number of non-ortho nitro benzene ring substituents is 1. The molecule has 1 aromatic carbocycles. The van der Waals surface area contributed by atoms with Crippen LogP contribution in [0.2, 0.25) is 0 Å². The van der Waals surface area contributed by atoms with Crippen LogP contribution in [0.4, 0.5) is 5.69 Å². The molecule has 1 rings (SSSR count). The first-order valence-electron chi connectivity index (χ1n) is 6.44.